The smallest absolute Gasteiger partial charge is 0.211 e. The van der Waals surface area contributed by atoms with Crippen molar-refractivity contribution >= 4 is 21.8 Å². The lowest BCUT2D eigenvalue weighted by Gasteiger charge is -1.96. The Balaban J connectivity index is 0.000000131. The van der Waals surface area contributed by atoms with Crippen molar-refractivity contribution in [2.24, 2.45) is 0 Å². The van der Waals surface area contributed by atoms with Gasteiger partial charge in [0.1, 0.15) is 11.3 Å². The van der Waals surface area contributed by atoms with Crippen LogP contribution in [-0.4, -0.2) is 20.2 Å². The van der Waals surface area contributed by atoms with Gasteiger partial charge >= 0.3 is 0 Å². The van der Waals surface area contributed by atoms with Crippen molar-refractivity contribution < 1.29 is 10.2 Å². The van der Waals surface area contributed by atoms with Gasteiger partial charge in [-0.15, -0.1) is 0 Å². The highest BCUT2D eigenvalue weighted by Crippen LogP contribution is 2.20. The predicted octanol–water partition coefficient (Wildman–Crippen LogP) is 3.88. The summed E-state index contributed by atoms with van der Waals surface area (Å²) in [6.45, 7) is 0. The molecule has 0 radical (unpaired) electrons. The minimum atomic E-state index is 0.0729. The van der Waals surface area contributed by atoms with E-state index < -0.39 is 0 Å². The lowest BCUT2D eigenvalue weighted by atomic mass is 10.2. The molecular formula is C18H14N2O2. The van der Waals surface area contributed by atoms with Gasteiger partial charge in [-0.1, -0.05) is 36.4 Å². The van der Waals surface area contributed by atoms with Crippen LogP contribution in [0.25, 0.3) is 21.8 Å². The molecule has 2 aromatic heterocycles. The molecule has 0 unspecified atom stereocenters. The van der Waals surface area contributed by atoms with Crippen molar-refractivity contribution in [3.05, 3.63) is 72.9 Å². The number of hydrogen-bond donors (Lipinski definition) is 2. The minimum absolute atomic E-state index is 0.0729. The monoisotopic (exact) mass is 290 g/mol. The molecule has 4 nitrogen and oxygen atoms in total. The number of fused-ring (bicyclic) bond motifs is 2. The van der Waals surface area contributed by atoms with E-state index in [1.165, 1.54) is 0 Å². The summed E-state index contributed by atoms with van der Waals surface area (Å²) >= 11 is 0. The number of hydrogen-bond acceptors (Lipinski definition) is 4. The van der Waals surface area contributed by atoms with Gasteiger partial charge < -0.3 is 10.2 Å². The van der Waals surface area contributed by atoms with Crippen LogP contribution >= 0.6 is 0 Å². The highest BCUT2D eigenvalue weighted by Gasteiger charge is 1.96. The topological polar surface area (TPSA) is 66.2 Å². The average Bonchev–Trinajstić information content (AvgIpc) is 2.56. The summed E-state index contributed by atoms with van der Waals surface area (Å²) < 4.78 is 0. The molecule has 0 aliphatic carbocycles. The number of pyridine rings is 2. The number of phenolic OH excluding ortho intramolecular Hbond substituents is 1. The molecule has 108 valence electrons. The largest absolute Gasteiger partial charge is 0.506 e. The quantitative estimate of drug-likeness (QED) is 0.516. The first kappa shape index (κ1) is 13.8. The molecule has 0 bridgehead atoms. The van der Waals surface area contributed by atoms with Gasteiger partial charge in [0.15, 0.2) is 0 Å². The molecule has 22 heavy (non-hydrogen) atoms. The summed E-state index contributed by atoms with van der Waals surface area (Å²) in [5.41, 5.74) is 1.49. The van der Waals surface area contributed by atoms with Crippen LogP contribution in [0.1, 0.15) is 0 Å². The second-order valence-electron chi connectivity index (χ2n) is 4.71. The number of benzene rings is 2. The third-order valence-electron chi connectivity index (χ3n) is 3.20. The molecule has 0 aliphatic rings. The molecule has 0 amide bonds. The maximum Gasteiger partial charge on any atom is 0.211 e. The Labute approximate surface area is 127 Å². The SMILES string of the molecule is Oc1ccc2ccccc2n1.Oc1cccc2cccnc12. The van der Waals surface area contributed by atoms with Crippen LogP contribution in [-0.2, 0) is 0 Å². The molecule has 2 N–H and O–H groups in total. The van der Waals surface area contributed by atoms with Crippen LogP contribution in [0.5, 0.6) is 11.6 Å². The molecule has 4 heteroatoms. The Hall–Kier alpha value is -3.14. The van der Waals surface area contributed by atoms with Gasteiger partial charge in [0, 0.05) is 23.0 Å². The van der Waals surface area contributed by atoms with Crippen molar-refractivity contribution in [1.29, 1.82) is 0 Å². The lowest BCUT2D eigenvalue weighted by Crippen LogP contribution is -1.76. The van der Waals surface area contributed by atoms with Crippen molar-refractivity contribution in [1.82, 2.24) is 9.97 Å². The molecule has 4 aromatic rings. The average molecular weight is 290 g/mol. The summed E-state index contributed by atoms with van der Waals surface area (Å²) in [6, 6.07) is 20.2. The van der Waals surface area contributed by atoms with Gasteiger partial charge in [-0.25, -0.2) is 4.98 Å². The van der Waals surface area contributed by atoms with E-state index in [9.17, 15) is 5.11 Å². The summed E-state index contributed by atoms with van der Waals surface area (Å²) in [5, 5.41) is 20.3. The first-order valence-corrected chi connectivity index (χ1v) is 6.81. The zero-order chi connectivity index (χ0) is 15.4. The van der Waals surface area contributed by atoms with Crippen molar-refractivity contribution in [3.63, 3.8) is 0 Å². The van der Waals surface area contributed by atoms with Crippen LogP contribution in [0.2, 0.25) is 0 Å². The Kier molecular flexibility index (Phi) is 3.83. The van der Waals surface area contributed by atoms with Crippen LogP contribution in [0.15, 0.2) is 72.9 Å². The molecule has 2 aromatic carbocycles. The highest BCUT2D eigenvalue weighted by molar-refractivity contribution is 5.83. The maximum atomic E-state index is 9.31. The molecule has 0 aliphatic heterocycles. The van der Waals surface area contributed by atoms with E-state index in [2.05, 4.69) is 9.97 Å². The van der Waals surface area contributed by atoms with E-state index in [-0.39, 0.29) is 11.6 Å². The van der Waals surface area contributed by atoms with Gasteiger partial charge in [-0.05, 0) is 24.3 Å². The second-order valence-corrected chi connectivity index (χ2v) is 4.71. The molecule has 0 fully saturated rings. The lowest BCUT2D eigenvalue weighted by molar-refractivity contribution is 0.456. The van der Waals surface area contributed by atoms with Gasteiger partial charge in [0.25, 0.3) is 0 Å². The molecular weight excluding hydrogens is 276 g/mol. The third-order valence-corrected chi connectivity index (χ3v) is 3.20. The van der Waals surface area contributed by atoms with Gasteiger partial charge in [-0.3, -0.25) is 4.98 Å². The van der Waals surface area contributed by atoms with Gasteiger partial charge in [0.05, 0.1) is 5.52 Å². The van der Waals surface area contributed by atoms with Gasteiger partial charge in [0.2, 0.25) is 5.88 Å². The molecule has 0 saturated heterocycles. The summed E-state index contributed by atoms with van der Waals surface area (Å²) in [7, 11) is 0. The van der Waals surface area contributed by atoms with Crippen LogP contribution in [0, 0.1) is 0 Å². The molecule has 0 atom stereocenters. The van der Waals surface area contributed by atoms with Crippen LogP contribution in [0.3, 0.4) is 0 Å². The van der Waals surface area contributed by atoms with E-state index in [0.717, 1.165) is 16.3 Å². The third kappa shape index (κ3) is 2.96. The van der Waals surface area contributed by atoms with E-state index in [4.69, 9.17) is 5.11 Å². The Morgan fingerprint density at radius 1 is 0.682 bits per heavy atom. The van der Waals surface area contributed by atoms with Gasteiger partial charge in [-0.2, -0.15) is 0 Å². The zero-order valence-corrected chi connectivity index (χ0v) is 11.7. The van der Waals surface area contributed by atoms with Crippen molar-refractivity contribution in [3.8, 4) is 11.6 Å². The zero-order valence-electron chi connectivity index (χ0n) is 11.7. The fourth-order valence-corrected chi connectivity index (χ4v) is 2.14. The van der Waals surface area contributed by atoms with E-state index in [1.54, 1.807) is 24.4 Å². The van der Waals surface area contributed by atoms with Crippen molar-refractivity contribution in [2.45, 2.75) is 0 Å². The van der Waals surface area contributed by atoms with Crippen LogP contribution in [0.4, 0.5) is 0 Å². The number of aromatic nitrogens is 2. The van der Waals surface area contributed by atoms with E-state index in [1.807, 2.05) is 48.5 Å². The summed E-state index contributed by atoms with van der Waals surface area (Å²) in [4.78, 5) is 7.96. The minimum Gasteiger partial charge on any atom is -0.506 e. The Bertz CT molecular complexity index is 911. The fourth-order valence-electron chi connectivity index (χ4n) is 2.14. The van der Waals surface area contributed by atoms with E-state index >= 15 is 0 Å². The van der Waals surface area contributed by atoms with E-state index in [0.29, 0.717) is 5.52 Å². The summed E-state index contributed by atoms with van der Waals surface area (Å²) in [6.07, 6.45) is 1.67. The maximum absolute atomic E-state index is 9.31. The summed E-state index contributed by atoms with van der Waals surface area (Å²) in [5.74, 6) is 0.312. The standard InChI is InChI=1S/2C9H7NO/c11-8-5-1-3-7-4-2-6-10-9(7)8;11-9-6-5-7-3-1-2-4-8(7)10-9/h1-6,11H;1-6H,(H,10,11). The Morgan fingerprint density at radius 3 is 2.32 bits per heavy atom. The second kappa shape index (κ2) is 6.10. The normalized spacial score (nSPS) is 10.2. The number of aromatic hydroxyl groups is 2. The molecule has 2 heterocycles. The molecule has 4 rings (SSSR count). The van der Waals surface area contributed by atoms with Crippen molar-refractivity contribution in [2.75, 3.05) is 0 Å². The predicted molar refractivity (Wildman–Crippen MR) is 86.8 cm³/mol. The first-order valence-electron chi connectivity index (χ1n) is 6.81. The molecule has 0 spiro atoms. The molecule has 0 saturated carbocycles. The number of nitrogens with zero attached hydrogens (tertiary/aromatic N) is 2. The Morgan fingerprint density at radius 2 is 1.45 bits per heavy atom. The first-order chi connectivity index (χ1) is 10.7. The number of phenols is 1. The van der Waals surface area contributed by atoms with Crippen LogP contribution < -0.4 is 0 Å². The number of rotatable bonds is 0. The fraction of sp³-hybridized carbons (Fsp3) is 0. The number of para-hydroxylation sites is 2. The highest BCUT2D eigenvalue weighted by atomic mass is 16.3.